The molecule has 5 heteroatoms. The number of nitrogens with zero attached hydrogens (tertiary/aromatic N) is 5. The number of rotatable bonds is 2. The Hall–Kier alpha value is -1.75. The summed E-state index contributed by atoms with van der Waals surface area (Å²) >= 11 is 0. The Kier molecular flexibility index (Phi) is 3.77. The van der Waals surface area contributed by atoms with Gasteiger partial charge in [-0.2, -0.15) is 5.10 Å². The van der Waals surface area contributed by atoms with E-state index in [0.717, 1.165) is 37.6 Å². The van der Waals surface area contributed by atoms with Crippen LogP contribution in [0.3, 0.4) is 0 Å². The summed E-state index contributed by atoms with van der Waals surface area (Å²) in [6.07, 6.45) is 5.13. The predicted molar refractivity (Wildman–Crippen MR) is 86.5 cm³/mol. The normalized spacial score (nSPS) is 15.9. The van der Waals surface area contributed by atoms with Gasteiger partial charge in [-0.3, -0.25) is 9.58 Å². The lowest BCUT2D eigenvalue weighted by atomic mass is 9.95. The van der Waals surface area contributed by atoms with Gasteiger partial charge in [0, 0.05) is 67.7 Å². The third-order valence-electron chi connectivity index (χ3n) is 4.19. The van der Waals surface area contributed by atoms with Crippen LogP contribution >= 0.6 is 0 Å². The van der Waals surface area contributed by atoms with Crippen LogP contribution < -0.4 is 0 Å². The second-order valence-corrected chi connectivity index (χ2v) is 7.29. The first kappa shape index (κ1) is 15.2. The molecule has 0 amide bonds. The van der Waals surface area contributed by atoms with Gasteiger partial charge in [-0.15, -0.1) is 0 Å². The highest BCUT2D eigenvalue weighted by Gasteiger charge is 2.23. The van der Waals surface area contributed by atoms with Gasteiger partial charge in [0.25, 0.3) is 0 Å². The van der Waals surface area contributed by atoms with Crippen LogP contribution in [0, 0.1) is 6.92 Å². The minimum absolute atomic E-state index is 0.0129. The zero-order chi connectivity index (χ0) is 15.9. The molecule has 0 saturated heterocycles. The maximum absolute atomic E-state index is 4.79. The fraction of sp³-hybridized carbons (Fsp3) is 0.588. The summed E-state index contributed by atoms with van der Waals surface area (Å²) in [7, 11) is 1.98. The van der Waals surface area contributed by atoms with Crippen LogP contribution in [0.5, 0.6) is 0 Å². The molecule has 0 N–H and O–H groups in total. The maximum Gasteiger partial charge on any atom is 0.133 e. The van der Waals surface area contributed by atoms with E-state index in [-0.39, 0.29) is 5.41 Å². The molecular formula is C17H25N5. The van der Waals surface area contributed by atoms with Gasteiger partial charge in [0.05, 0.1) is 5.69 Å². The van der Waals surface area contributed by atoms with Crippen molar-refractivity contribution in [3.8, 4) is 0 Å². The van der Waals surface area contributed by atoms with Crippen LogP contribution in [0.4, 0.5) is 0 Å². The van der Waals surface area contributed by atoms with E-state index in [1.807, 2.05) is 17.9 Å². The molecule has 1 aliphatic rings. The van der Waals surface area contributed by atoms with E-state index < -0.39 is 0 Å². The molecule has 3 heterocycles. The van der Waals surface area contributed by atoms with Crippen molar-refractivity contribution in [3.63, 3.8) is 0 Å². The van der Waals surface area contributed by atoms with Crippen LogP contribution in [-0.4, -0.2) is 31.2 Å². The summed E-state index contributed by atoms with van der Waals surface area (Å²) < 4.78 is 1.89. The highest BCUT2D eigenvalue weighted by atomic mass is 15.3. The molecule has 0 bridgehead atoms. The maximum atomic E-state index is 4.79. The van der Waals surface area contributed by atoms with E-state index in [4.69, 9.17) is 4.98 Å². The lowest BCUT2D eigenvalue weighted by Gasteiger charge is -2.29. The molecule has 22 heavy (non-hydrogen) atoms. The second-order valence-electron chi connectivity index (χ2n) is 7.29. The summed E-state index contributed by atoms with van der Waals surface area (Å²) in [5.41, 5.74) is 4.92. The van der Waals surface area contributed by atoms with Crippen molar-refractivity contribution in [2.75, 3.05) is 6.54 Å². The van der Waals surface area contributed by atoms with Crippen LogP contribution in [0.25, 0.3) is 0 Å². The Balaban J connectivity index is 1.76. The van der Waals surface area contributed by atoms with E-state index in [1.165, 1.54) is 16.8 Å². The van der Waals surface area contributed by atoms with Crippen LogP contribution in [0.1, 0.15) is 49.1 Å². The Morgan fingerprint density at radius 1 is 1.27 bits per heavy atom. The van der Waals surface area contributed by atoms with Gasteiger partial charge < -0.3 is 0 Å². The highest BCUT2D eigenvalue weighted by molar-refractivity contribution is 5.23. The molecule has 2 aromatic heterocycles. The molecule has 0 fully saturated rings. The van der Waals surface area contributed by atoms with E-state index in [1.54, 1.807) is 0 Å². The molecule has 118 valence electrons. The molecule has 2 aromatic rings. The third kappa shape index (κ3) is 3.04. The smallest absolute Gasteiger partial charge is 0.133 e. The molecule has 0 radical (unpaired) electrons. The van der Waals surface area contributed by atoms with Crippen molar-refractivity contribution in [2.24, 2.45) is 7.05 Å². The zero-order valence-corrected chi connectivity index (χ0v) is 14.2. The van der Waals surface area contributed by atoms with Crippen LogP contribution in [0.15, 0.2) is 12.4 Å². The lowest BCUT2D eigenvalue weighted by Crippen LogP contribution is -2.32. The van der Waals surface area contributed by atoms with Crippen molar-refractivity contribution < 1.29 is 0 Å². The quantitative estimate of drug-likeness (QED) is 0.854. The van der Waals surface area contributed by atoms with Crippen molar-refractivity contribution in [1.82, 2.24) is 24.6 Å². The number of fused-ring (bicyclic) bond motifs is 1. The molecular weight excluding hydrogens is 274 g/mol. The molecule has 3 rings (SSSR count). The first-order chi connectivity index (χ1) is 10.3. The molecule has 0 atom stereocenters. The summed E-state index contributed by atoms with van der Waals surface area (Å²) in [6.45, 7) is 11.5. The molecule has 0 saturated carbocycles. The van der Waals surface area contributed by atoms with Crippen LogP contribution in [0.2, 0.25) is 0 Å². The Labute approximate surface area is 132 Å². The van der Waals surface area contributed by atoms with Gasteiger partial charge in [-0.1, -0.05) is 20.8 Å². The first-order valence-corrected chi connectivity index (χ1v) is 7.89. The van der Waals surface area contributed by atoms with Gasteiger partial charge in [0.15, 0.2) is 0 Å². The third-order valence-corrected chi connectivity index (χ3v) is 4.19. The van der Waals surface area contributed by atoms with E-state index in [9.17, 15) is 0 Å². The predicted octanol–water partition coefficient (Wildman–Crippen LogP) is 2.37. The number of hydrogen-bond acceptors (Lipinski definition) is 4. The summed E-state index contributed by atoms with van der Waals surface area (Å²) in [6, 6.07) is 0. The van der Waals surface area contributed by atoms with Crippen molar-refractivity contribution >= 4 is 0 Å². The van der Waals surface area contributed by atoms with Gasteiger partial charge in [-0.05, 0) is 6.92 Å². The van der Waals surface area contributed by atoms with Gasteiger partial charge in [0.2, 0.25) is 0 Å². The van der Waals surface area contributed by atoms with E-state index in [0.29, 0.717) is 0 Å². The number of aryl methyl sites for hydroxylation is 2. The SMILES string of the molecule is Cc1nn(C)cc1CN1CCc2nc(C(C)(C)C)ncc2C1. The second kappa shape index (κ2) is 5.47. The Morgan fingerprint density at radius 3 is 2.68 bits per heavy atom. The minimum Gasteiger partial charge on any atom is -0.294 e. The number of aromatic nitrogens is 4. The Morgan fingerprint density at radius 2 is 2.05 bits per heavy atom. The van der Waals surface area contributed by atoms with E-state index in [2.05, 4.69) is 48.9 Å². The van der Waals surface area contributed by atoms with Gasteiger partial charge in [0.1, 0.15) is 5.82 Å². The van der Waals surface area contributed by atoms with Crippen molar-refractivity contribution in [1.29, 1.82) is 0 Å². The van der Waals surface area contributed by atoms with Gasteiger partial charge >= 0.3 is 0 Å². The van der Waals surface area contributed by atoms with E-state index >= 15 is 0 Å². The molecule has 5 nitrogen and oxygen atoms in total. The fourth-order valence-electron chi connectivity index (χ4n) is 2.92. The zero-order valence-electron chi connectivity index (χ0n) is 14.2. The first-order valence-electron chi connectivity index (χ1n) is 7.89. The molecule has 0 aromatic carbocycles. The van der Waals surface area contributed by atoms with Crippen molar-refractivity contribution in [2.45, 2.75) is 52.6 Å². The van der Waals surface area contributed by atoms with Crippen LogP contribution in [-0.2, 0) is 32.0 Å². The largest absolute Gasteiger partial charge is 0.294 e. The lowest BCUT2D eigenvalue weighted by molar-refractivity contribution is 0.241. The van der Waals surface area contributed by atoms with Gasteiger partial charge in [-0.25, -0.2) is 9.97 Å². The fourth-order valence-corrected chi connectivity index (χ4v) is 2.92. The molecule has 0 unspecified atom stereocenters. The highest BCUT2D eigenvalue weighted by Crippen LogP contribution is 2.23. The summed E-state index contributed by atoms with van der Waals surface area (Å²) in [4.78, 5) is 11.8. The molecule has 0 spiro atoms. The molecule has 0 aliphatic carbocycles. The van der Waals surface area contributed by atoms with Crippen molar-refractivity contribution in [3.05, 3.63) is 40.7 Å². The minimum atomic E-state index is 0.0129. The average Bonchev–Trinajstić information content (AvgIpc) is 2.75. The standard InChI is InChI=1S/C17H25N5/c1-12-14(9-21(5)20-12)11-22-7-6-15-13(10-22)8-18-16(19-15)17(2,3)4/h8-9H,6-7,10-11H2,1-5H3. The number of hydrogen-bond donors (Lipinski definition) is 0. The topological polar surface area (TPSA) is 46.8 Å². The molecule has 1 aliphatic heterocycles. The Bertz CT molecular complexity index is 681. The monoisotopic (exact) mass is 299 g/mol. The summed E-state index contributed by atoms with van der Waals surface area (Å²) in [5.74, 6) is 0.947. The average molecular weight is 299 g/mol. The summed E-state index contributed by atoms with van der Waals surface area (Å²) in [5, 5.41) is 4.42.